The number of para-hydroxylation sites is 1. The minimum Gasteiger partial charge on any atom is -0.322 e. The fraction of sp³-hybridized carbons (Fsp3) is 0.208. The Kier molecular flexibility index (Phi) is 6.78. The van der Waals surface area contributed by atoms with Gasteiger partial charge in [-0.15, -0.1) is 0 Å². The van der Waals surface area contributed by atoms with E-state index >= 15 is 0 Å². The molecule has 0 spiro atoms. The Hall–Kier alpha value is -3.53. The molecule has 0 aliphatic heterocycles. The largest absolute Gasteiger partial charge is 0.406 e. The minimum absolute atomic E-state index is 0.0987. The molecule has 0 saturated heterocycles. The van der Waals surface area contributed by atoms with E-state index in [1.165, 1.54) is 6.20 Å². The summed E-state index contributed by atoms with van der Waals surface area (Å²) >= 11 is 0.958. The number of hydrogen-bond donors (Lipinski definition) is 1. The zero-order chi connectivity index (χ0) is 24.3. The topological polar surface area (TPSA) is 64.7 Å². The molecule has 2 heterocycles. The van der Waals surface area contributed by atoms with Crippen LogP contribution in [-0.2, 0) is 11.3 Å². The monoisotopic (exact) mass is 485 g/mol. The van der Waals surface area contributed by atoms with E-state index in [9.17, 15) is 18.0 Å². The number of hydrogen-bond acceptors (Lipinski definition) is 4. The van der Waals surface area contributed by atoms with Gasteiger partial charge in [0.05, 0.1) is 40.4 Å². The van der Waals surface area contributed by atoms with Crippen LogP contribution in [-0.4, -0.2) is 37.2 Å². The summed E-state index contributed by atoms with van der Waals surface area (Å²) in [5.41, 5.74) is 3.81. The van der Waals surface area contributed by atoms with Crippen LogP contribution in [0.2, 0.25) is 0 Å². The van der Waals surface area contributed by atoms with E-state index in [0.717, 1.165) is 27.7 Å². The Morgan fingerprint density at radius 3 is 2.32 bits per heavy atom. The number of nitrogens with zero attached hydrogens (tertiary/aromatic N) is 4. The average molecular weight is 486 g/mol. The van der Waals surface area contributed by atoms with Crippen molar-refractivity contribution >= 4 is 23.4 Å². The van der Waals surface area contributed by atoms with E-state index in [1.807, 2.05) is 37.3 Å². The van der Waals surface area contributed by atoms with Crippen LogP contribution in [0.3, 0.4) is 0 Å². The maximum atomic E-state index is 13.3. The number of anilines is 1. The third-order valence-corrected chi connectivity index (χ3v) is 6.11. The molecule has 4 aromatic rings. The van der Waals surface area contributed by atoms with Gasteiger partial charge in [-0.2, -0.15) is 18.3 Å². The van der Waals surface area contributed by atoms with E-state index in [2.05, 4.69) is 15.4 Å². The molecular weight excluding hydrogens is 463 g/mol. The molecule has 0 atom stereocenters. The molecular formula is C24H22F3N5OS. The summed E-state index contributed by atoms with van der Waals surface area (Å²) in [6, 6.07) is 18.3. The standard InChI is InChI=1S/C24H22F3N5OS/c1-16-22(17(2)32(30-16)19-11-7-4-8-12-19)29-21(33)14-34-23-28-13-20(18-9-5-3-6-10-18)31(23)15-24(25,26)27/h3-13H,14-15H2,1-2H3,(H,29,33). The van der Waals surface area contributed by atoms with E-state index < -0.39 is 12.7 Å². The molecule has 0 bridgehead atoms. The summed E-state index contributed by atoms with van der Waals surface area (Å²) in [5, 5.41) is 7.46. The van der Waals surface area contributed by atoms with Gasteiger partial charge in [0.1, 0.15) is 6.54 Å². The fourth-order valence-electron chi connectivity index (χ4n) is 3.60. The quantitative estimate of drug-likeness (QED) is 0.344. The molecule has 6 nitrogen and oxygen atoms in total. The van der Waals surface area contributed by atoms with Crippen molar-refractivity contribution < 1.29 is 18.0 Å². The van der Waals surface area contributed by atoms with Gasteiger partial charge in [-0.05, 0) is 31.5 Å². The highest BCUT2D eigenvalue weighted by atomic mass is 32.2. The Labute approximate surface area is 198 Å². The molecule has 0 radical (unpaired) electrons. The molecule has 34 heavy (non-hydrogen) atoms. The van der Waals surface area contributed by atoms with Crippen LogP contribution in [0.4, 0.5) is 18.9 Å². The number of rotatable bonds is 7. The number of thioether (sulfide) groups is 1. The van der Waals surface area contributed by atoms with Gasteiger partial charge in [0.25, 0.3) is 0 Å². The molecule has 176 valence electrons. The molecule has 2 aromatic heterocycles. The van der Waals surface area contributed by atoms with Crippen molar-refractivity contribution in [1.29, 1.82) is 0 Å². The summed E-state index contributed by atoms with van der Waals surface area (Å²) < 4.78 is 42.6. The predicted molar refractivity (Wildman–Crippen MR) is 126 cm³/mol. The first-order valence-corrected chi connectivity index (χ1v) is 11.4. The second-order valence-electron chi connectivity index (χ2n) is 7.62. The van der Waals surface area contributed by atoms with Crippen LogP contribution in [0.15, 0.2) is 72.0 Å². The Morgan fingerprint density at radius 2 is 1.68 bits per heavy atom. The lowest BCUT2D eigenvalue weighted by molar-refractivity contribution is -0.141. The van der Waals surface area contributed by atoms with Gasteiger partial charge < -0.3 is 9.88 Å². The first-order valence-electron chi connectivity index (χ1n) is 10.4. The van der Waals surface area contributed by atoms with Crippen molar-refractivity contribution in [3.8, 4) is 16.9 Å². The summed E-state index contributed by atoms with van der Waals surface area (Å²) in [6.07, 6.45) is -3.03. The molecule has 1 N–H and O–H groups in total. The predicted octanol–water partition coefficient (Wildman–Crippen LogP) is 5.65. The summed E-state index contributed by atoms with van der Waals surface area (Å²) in [6.45, 7) is 2.44. The van der Waals surface area contributed by atoms with Gasteiger partial charge in [0, 0.05) is 0 Å². The number of aryl methyl sites for hydroxylation is 1. The number of alkyl halides is 3. The Morgan fingerprint density at radius 1 is 1.03 bits per heavy atom. The number of carbonyl (C=O) groups excluding carboxylic acids is 1. The third kappa shape index (κ3) is 5.33. The normalized spacial score (nSPS) is 11.6. The molecule has 0 unspecified atom stereocenters. The minimum atomic E-state index is -4.43. The highest BCUT2D eigenvalue weighted by Crippen LogP contribution is 2.30. The molecule has 4 rings (SSSR count). The van der Waals surface area contributed by atoms with Crippen molar-refractivity contribution in [3.63, 3.8) is 0 Å². The van der Waals surface area contributed by atoms with E-state index in [0.29, 0.717) is 22.6 Å². The maximum Gasteiger partial charge on any atom is 0.406 e. The number of imidazole rings is 1. The van der Waals surface area contributed by atoms with Crippen LogP contribution < -0.4 is 5.32 Å². The molecule has 0 aliphatic carbocycles. The molecule has 0 fully saturated rings. The number of benzene rings is 2. The molecule has 0 aliphatic rings. The van der Waals surface area contributed by atoms with E-state index in [1.54, 1.807) is 41.9 Å². The molecule has 0 saturated carbocycles. The Balaban J connectivity index is 1.51. The SMILES string of the molecule is Cc1nn(-c2ccccc2)c(C)c1NC(=O)CSc1ncc(-c2ccccc2)n1CC(F)(F)F. The maximum absolute atomic E-state index is 13.3. The fourth-order valence-corrected chi connectivity index (χ4v) is 4.37. The van der Waals surface area contributed by atoms with Gasteiger partial charge in [-0.3, -0.25) is 4.79 Å². The van der Waals surface area contributed by atoms with Crippen LogP contribution in [0.1, 0.15) is 11.4 Å². The van der Waals surface area contributed by atoms with Gasteiger partial charge in [0.2, 0.25) is 5.91 Å². The van der Waals surface area contributed by atoms with Crippen molar-refractivity contribution in [2.24, 2.45) is 0 Å². The number of halogens is 3. The first kappa shape index (κ1) is 23.6. The highest BCUT2D eigenvalue weighted by Gasteiger charge is 2.31. The van der Waals surface area contributed by atoms with E-state index in [-0.39, 0.29) is 16.8 Å². The smallest absolute Gasteiger partial charge is 0.322 e. The lowest BCUT2D eigenvalue weighted by Gasteiger charge is -2.14. The lowest BCUT2D eigenvalue weighted by atomic mass is 10.2. The number of carbonyl (C=O) groups is 1. The molecule has 10 heteroatoms. The highest BCUT2D eigenvalue weighted by molar-refractivity contribution is 7.99. The van der Waals surface area contributed by atoms with Crippen LogP contribution in [0.5, 0.6) is 0 Å². The second-order valence-corrected chi connectivity index (χ2v) is 8.57. The van der Waals surface area contributed by atoms with Crippen molar-refractivity contribution in [1.82, 2.24) is 19.3 Å². The summed E-state index contributed by atoms with van der Waals surface area (Å²) in [7, 11) is 0. The van der Waals surface area contributed by atoms with Gasteiger partial charge in [-0.25, -0.2) is 9.67 Å². The van der Waals surface area contributed by atoms with E-state index in [4.69, 9.17) is 0 Å². The van der Waals surface area contributed by atoms with Crippen molar-refractivity contribution in [2.75, 3.05) is 11.1 Å². The number of aromatic nitrogens is 4. The van der Waals surface area contributed by atoms with Crippen LogP contribution in [0.25, 0.3) is 16.9 Å². The Bertz CT molecular complexity index is 1280. The van der Waals surface area contributed by atoms with Crippen molar-refractivity contribution in [3.05, 3.63) is 78.2 Å². The average Bonchev–Trinajstić information content (AvgIpc) is 3.33. The lowest BCUT2D eigenvalue weighted by Crippen LogP contribution is -2.20. The summed E-state index contributed by atoms with van der Waals surface area (Å²) in [4.78, 5) is 16.8. The zero-order valence-electron chi connectivity index (χ0n) is 18.5. The van der Waals surface area contributed by atoms with Gasteiger partial charge >= 0.3 is 6.18 Å². The molecule has 1 amide bonds. The first-order chi connectivity index (χ1) is 16.2. The third-order valence-electron chi connectivity index (χ3n) is 5.11. The second kappa shape index (κ2) is 9.76. The van der Waals surface area contributed by atoms with Gasteiger partial charge in [0.15, 0.2) is 5.16 Å². The zero-order valence-corrected chi connectivity index (χ0v) is 19.3. The van der Waals surface area contributed by atoms with Crippen LogP contribution in [0, 0.1) is 13.8 Å². The molecule has 2 aromatic carbocycles. The van der Waals surface area contributed by atoms with Crippen LogP contribution >= 0.6 is 11.8 Å². The van der Waals surface area contributed by atoms with Gasteiger partial charge in [-0.1, -0.05) is 60.3 Å². The van der Waals surface area contributed by atoms with Crippen molar-refractivity contribution in [2.45, 2.75) is 31.7 Å². The summed E-state index contributed by atoms with van der Waals surface area (Å²) in [5.74, 6) is -0.454. The number of nitrogens with one attached hydrogen (secondary N) is 1. The number of amides is 1.